The highest BCUT2D eigenvalue weighted by molar-refractivity contribution is 5.73. The third-order valence-corrected chi connectivity index (χ3v) is 6.28. The predicted octanol–water partition coefficient (Wildman–Crippen LogP) is 4.12. The average Bonchev–Trinajstić information content (AvgIpc) is 2.58. The zero-order chi connectivity index (χ0) is 17.3. The Hall–Kier alpha value is -1.35. The Morgan fingerprint density at radius 3 is 2.58 bits per heavy atom. The number of piperidine rings is 2. The number of esters is 1. The van der Waals surface area contributed by atoms with E-state index in [-0.39, 0.29) is 11.9 Å². The Morgan fingerprint density at radius 1 is 1.25 bits per heavy atom. The van der Waals surface area contributed by atoms with Gasteiger partial charge in [-0.15, -0.1) is 0 Å². The van der Waals surface area contributed by atoms with E-state index in [1.54, 1.807) is 0 Å². The molecule has 2 bridgehead atoms. The molecule has 0 amide bonds. The molecule has 0 aromatic heterocycles. The van der Waals surface area contributed by atoms with E-state index in [4.69, 9.17) is 4.74 Å². The lowest BCUT2D eigenvalue weighted by atomic mass is 9.60. The summed E-state index contributed by atoms with van der Waals surface area (Å²) in [7, 11) is 0. The summed E-state index contributed by atoms with van der Waals surface area (Å²) in [5.74, 6) is 2.06. The number of carbonyl (C=O) groups excluding carboxylic acids is 1. The predicted molar refractivity (Wildman–Crippen MR) is 96.4 cm³/mol. The summed E-state index contributed by atoms with van der Waals surface area (Å²) in [4.78, 5) is 15.1. The van der Waals surface area contributed by atoms with Crippen LogP contribution in [-0.2, 0) is 16.1 Å². The van der Waals surface area contributed by atoms with Crippen LogP contribution >= 0.6 is 0 Å². The van der Waals surface area contributed by atoms with E-state index in [1.165, 1.54) is 5.56 Å². The average molecular weight is 329 g/mol. The first-order valence-corrected chi connectivity index (χ1v) is 9.49. The molecule has 3 heteroatoms. The zero-order valence-electron chi connectivity index (χ0n) is 15.4. The van der Waals surface area contributed by atoms with E-state index in [0.29, 0.717) is 30.5 Å². The van der Waals surface area contributed by atoms with Crippen molar-refractivity contribution in [3.05, 3.63) is 35.9 Å². The molecule has 132 valence electrons. The summed E-state index contributed by atoms with van der Waals surface area (Å²) in [6, 6.07) is 11.5. The molecule has 0 spiro atoms. The molecule has 2 aliphatic heterocycles. The SMILES string of the molecule is CCOC(=O)C1CC2C(C(C)C)CC1N(Cc1ccccc1)C2C. The molecule has 2 heterocycles. The number of ether oxygens (including phenoxy) is 1. The number of rotatable bonds is 5. The van der Waals surface area contributed by atoms with Crippen LogP contribution in [0.4, 0.5) is 0 Å². The maximum Gasteiger partial charge on any atom is 0.310 e. The molecule has 3 fully saturated rings. The summed E-state index contributed by atoms with van der Waals surface area (Å²) in [6.07, 6.45) is 2.13. The highest BCUT2D eigenvalue weighted by Gasteiger charge is 2.52. The summed E-state index contributed by atoms with van der Waals surface area (Å²) in [6.45, 7) is 10.3. The fourth-order valence-electron chi connectivity index (χ4n) is 5.04. The summed E-state index contributed by atoms with van der Waals surface area (Å²) in [5, 5.41) is 0. The van der Waals surface area contributed by atoms with E-state index in [1.807, 2.05) is 6.92 Å². The van der Waals surface area contributed by atoms with Crippen LogP contribution in [0.5, 0.6) is 0 Å². The molecule has 0 radical (unpaired) electrons. The number of carbonyl (C=O) groups is 1. The van der Waals surface area contributed by atoms with Gasteiger partial charge < -0.3 is 4.74 Å². The molecule has 1 aromatic carbocycles. The maximum absolute atomic E-state index is 12.5. The minimum atomic E-state index is 0.0136. The molecule has 0 N–H and O–H groups in total. The molecule has 1 saturated carbocycles. The van der Waals surface area contributed by atoms with Crippen LogP contribution in [0.1, 0.15) is 46.1 Å². The van der Waals surface area contributed by atoms with Crippen molar-refractivity contribution in [2.75, 3.05) is 6.61 Å². The largest absolute Gasteiger partial charge is 0.466 e. The first-order valence-electron chi connectivity index (χ1n) is 9.49. The van der Waals surface area contributed by atoms with Crippen LogP contribution in [0, 0.1) is 23.7 Å². The molecule has 3 nitrogen and oxygen atoms in total. The fourth-order valence-corrected chi connectivity index (χ4v) is 5.04. The van der Waals surface area contributed by atoms with Crippen molar-refractivity contribution in [2.24, 2.45) is 23.7 Å². The van der Waals surface area contributed by atoms with Gasteiger partial charge in [-0.2, -0.15) is 0 Å². The fraction of sp³-hybridized carbons (Fsp3) is 0.667. The van der Waals surface area contributed by atoms with Gasteiger partial charge in [-0.3, -0.25) is 9.69 Å². The minimum Gasteiger partial charge on any atom is -0.466 e. The number of benzene rings is 1. The van der Waals surface area contributed by atoms with Gasteiger partial charge in [0.2, 0.25) is 0 Å². The number of hydrogen-bond acceptors (Lipinski definition) is 3. The first kappa shape index (κ1) is 17.5. The van der Waals surface area contributed by atoms with Crippen LogP contribution < -0.4 is 0 Å². The minimum absolute atomic E-state index is 0.0136. The van der Waals surface area contributed by atoms with Crippen LogP contribution in [0.2, 0.25) is 0 Å². The van der Waals surface area contributed by atoms with Crippen molar-refractivity contribution in [2.45, 2.75) is 59.2 Å². The second-order valence-electron chi connectivity index (χ2n) is 7.87. The van der Waals surface area contributed by atoms with E-state index in [2.05, 4.69) is 56.0 Å². The van der Waals surface area contributed by atoms with Crippen molar-refractivity contribution in [3.63, 3.8) is 0 Å². The highest BCUT2D eigenvalue weighted by Crippen LogP contribution is 2.49. The quantitative estimate of drug-likeness (QED) is 0.761. The van der Waals surface area contributed by atoms with Gasteiger partial charge in [-0.25, -0.2) is 0 Å². The van der Waals surface area contributed by atoms with Crippen LogP contribution in [0.3, 0.4) is 0 Å². The monoisotopic (exact) mass is 329 g/mol. The summed E-state index contributed by atoms with van der Waals surface area (Å²) < 4.78 is 5.40. The Kier molecular flexibility index (Phi) is 5.29. The molecule has 5 atom stereocenters. The molecular weight excluding hydrogens is 298 g/mol. The second-order valence-corrected chi connectivity index (χ2v) is 7.87. The number of nitrogens with zero attached hydrogens (tertiary/aromatic N) is 1. The van der Waals surface area contributed by atoms with Gasteiger partial charge in [-0.05, 0) is 50.0 Å². The molecular formula is C21H31NO2. The van der Waals surface area contributed by atoms with Gasteiger partial charge in [0.15, 0.2) is 0 Å². The molecule has 3 aliphatic rings. The third kappa shape index (κ3) is 3.23. The lowest BCUT2D eigenvalue weighted by Crippen LogP contribution is -2.62. The molecule has 2 saturated heterocycles. The first-order chi connectivity index (χ1) is 11.5. The normalized spacial score (nSPS) is 33.0. The Morgan fingerprint density at radius 2 is 1.96 bits per heavy atom. The number of hydrogen-bond donors (Lipinski definition) is 0. The van der Waals surface area contributed by atoms with Gasteiger partial charge in [0.1, 0.15) is 0 Å². The maximum atomic E-state index is 12.5. The van der Waals surface area contributed by atoms with Crippen molar-refractivity contribution < 1.29 is 9.53 Å². The van der Waals surface area contributed by atoms with E-state index in [9.17, 15) is 4.79 Å². The van der Waals surface area contributed by atoms with Crippen LogP contribution in [0.15, 0.2) is 30.3 Å². The van der Waals surface area contributed by atoms with E-state index >= 15 is 0 Å². The molecule has 1 aliphatic carbocycles. The van der Waals surface area contributed by atoms with Gasteiger partial charge >= 0.3 is 5.97 Å². The lowest BCUT2D eigenvalue weighted by molar-refractivity contribution is -0.165. The summed E-state index contributed by atoms with van der Waals surface area (Å²) in [5.41, 5.74) is 1.33. The topological polar surface area (TPSA) is 29.5 Å². The van der Waals surface area contributed by atoms with Crippen molar-refractivity contribution in [1.82, 2.24) is 4.90 Å². The standard InChI is InChI=1S/C21H31NO2/c1-5-24-21(23)19-11-18-15(4)22(13-16-9-7-6-8-10-16)20(19)12-17(18)14(2)3/h6-10,14-15,17-20H,5,11-13H2,1-4H3. The van der Waals surface area contributed by atoms with Crippen LogP contribution in [-0.4, -0.2) is 29.6 Å². The molecule has 24 heavy (non-hydrogen) atoms. The van der Waals surface area contributed by atoms with Gasteiger partial charge in [0.05, 0.1) is 12.5 Å². The van der Waals surface area contributed by atoms with E-state index in [0.717, 1.165) is 25.3 Å². The van der Waals surface area contributed by atoms with Crippen molar-refractivity contribution in [3.8, 4) is 0 Å². The van der Waals surface area contributed by atoms with Crippen LogP contribution in [0.25, 0.3) is 0 Å². The Balaban J connectivity index is 1.84. The lowest BCUT2D eigenvalue weighted by Gasteiger charge is -2.57. The number of fused-ring (bicyclic) bond motifs is 3. The smallest absolute Gasteiger partial charge is 0.310 e. The molecule has 1 aromatic rings. The zero-order valence-corrected chi connectivity index (χ0v) is 15.4. The molecule has 4 rings (SSSR count). The van der Waals surface area contributed by atoms with Gasteiger partial charge in [-0.1, -0.05) is 44.2 Å². The third-order valence-electron chi connectivity index (χ3n) is 6.28. The Bertz CT molecular complexity index is 556. The molecule has 5 unspecified atom stereocenters. The highest BCUT2D eigenvalue weighted by atomic mass is 16.5. The second kappa shape index (κ2) is 7.26. The van der Waals surface area contributed by atoms with Crippen molar-refractivity contribution in [1.29, 1.82) is 0 Å². The van der Waals surface area contributed by atoms with E-state index < -0.39 is 0 Å². The Labute approximate surface area is 146 Å². The van der Waals surface area contributed by atoms with Gasteiger partial charge in [0.25, 0.3) is 0 Å². The van der Waals surface area contributed by atoms with Gasteiger partial charge in [0, 0.05) is 18.6 Å². The van der Waals surface area contributed by atoms with Crippen molar-refractivity contribution >= 4 is 5.97 Å². The summed E-state index contributed by atoms with van der Waals surface area (Å²) >= 11 is 0.